The molecule has 0 aliphatic heterocycles. The van der Waals surface area contributed by atoms with Crippen LogP contribution in [0.15, 0.2) is 180 Å². The number of benzene rings is 8. The van der Waals surface area contributed by atoms with Gasteiger partial charge in [0.2, 0.25) is 0 Å². The van der Waals surface area contributed by atoms with Crippen LogP contribution in [0.2, 0.25) is 0 Å². The average Bonchev–Trinajstić information content (AvgIpc) is 3.83. The van der Waals surface area contributed by atoms with Crippen LogP contribution >= 0.6 is 11.3 Å². The van der Waals surface area contributed by atoms with Gasteiger partial charge in [0, 0.05) is 53.0 Å². The third-order valence-corrected chi connectivity index (χ3v) is 11.6. The lowest BCUT2D eigenvalue weighted by molar-refractivity contribution is 0.673. The second-order valence-corrected chi connectivity index (χ2v) is 14.6. The predicted molar refractivity (Wildman–Crippen MR) is 225 cm³/mol. The van der Waals surface area contributed by atoms with E-state index in [0.29, 0.717) is 17.5 Å². The summed E-state index contributed by atoms with van der Waals surface area (Å²) < 4.78 is 9.10. The molecule has 0 aliphatic rings. The maximum atomic E-state index is 6.69. The van der Waals surface area contributed by atoms with Crippen LogP contribution in [0, 0.1) is 0 Å². The van der Waals surface area contributed by atoms with Gasteiger partial charge in [-0.3, -0.25) is 0 Å². The van der Waals surface area contributed by atoms with Gasteiger partial charge in [-0.05, 0) is 58.0 Å². The Hall–Kier alpha value is -6.95. The van der Waals surface area contributed by atoms with Crippen LogP contribution < -0.4 is 0 Å². The zero-order chi connectivity index (χ0) is 35.6. The number of rotatable bonds is 5. The zero-order valence-electron chi connectivity index (χ0n) is 28.9. The lowest BCUT2D eigenvalue weighted by Crippen LogP contribution is -2.00. The van der Waals surface area contributed by atoms with E-state index in [1.54, 1.807) is 11.3 Å². The second kappa shape index (κ2) is 12.3. The van der Waals surface area contributed by atoms with Crippen LogP contribution in [0.4, 0.5) is 0 Å². The molecule has 0 unspecified atom stereocenters. The molecule has 3 aromatic heterocycles. The summed E-state index contributed by atoms with van der Waals surface area (Å²) in [5, 5.41) is 6.87. The van der Waals surface area contributed by atoms with Gasteiger partial charge in [-0.2, -0.15) is 0 Å². The average molecular weight is 708 g/mol. The van der Waals surface area contributed by atoms with E-state index in [4.69, 9.17) is 19.4 Å². The minimum absolute atomic E-state index is 0.623. The molecule has 8 aromatic carbocycles. The van der Waals surface area contributed by atoms with Crippen LogP contribution in [-0.4, -0.2) is 15.0 Å². The molecule has 0 amide bonds. The van der Waals surface area contributed by atoms with Gasteiger partial charge in [0.25, 0.3) is 0 Å². The summed E-state index contributed by atoms with van der Waals surface area (Å²) in [7, 11) is 0. The highest BCUT2D eigenvalue weighted by atomic mass is 32.1. The molecule has 3 heterocycles. The van der Waals surface area contributed by atoms with E-state index in [0.717, 1.165) is 71.7 Å². The van der Waals surface area contributed by atoms with Crippen LogP contribution in [0.5, 0.6) is 0 Å². The summed E-state index contributed by atoms with van der Waals surface area (Å²) in [6.45, 7) is 0. The fourth-order valence-electron chi connectivity index (χ4n) is 7.83. The van der Waals surface area contributed by atoms with Crippen molar-refractivity contribution in [2.75, 3.05) is 0 Å². The molecule has 0 saturated carbocycles. The molecule has 5 heteroatoms. The normalized spacial score (nSPS) is 11.7. The van der Waals surface area contributed by atoms with Crippen molar-refractivity contribution in [2.45, 2.75) is 0 Å². The molecule has 0 bridgehead atoms. The first kappa shape index (κ1) is 30.7. The van der Waals surface area contributed by atoms with Gasteiger partial charge in [0.05, 0.1) is 0 Å². The van der Waals surface area contributed by atoms with E-state index in [2.05, 4.69) is 152 Å². The van der Waals surface area contributed by atoms with Crippen molar-refractivity contribution in [1.29, 1.82) is 0 Å². The lowest BCUT2D eigenvalue weighted by atomic mass is 9.91. The zero-order valence-corrected chi connectivity index (χ0v) is 29.7. The first-order chi connectivity index (χ1) is 26.8. The van der Waals surface area contributed by atoms with Crippen molar-refractivity contribution >= 4 is 64.2 Å². The molecule has 54 heavy (non-hydrogen) atoms. The quantitative estimate of drug-likeness (QED) is 0.179. The van der Waals surface area contributed by atoms with E-state index in [9.17, 15) is 0 Å². The molecule has 0 saturated heterocycles. The van der Waals surface area contributed by atoms with Gasteiger partial charge in [0.1, 0.15) is 11.2 Å². The minimum Gasteiger partial charge on any atom is -0.455 e. The Labute approximate surface area is 314 Å². The molecule has 0 aliphatic carbocycles. The highest BCUT2D eigenvalue weighted by molar-refractivity contribution is 7.26. The monoisotopic (exact) mass is 707 g/mol. The van der Waals surface area contributed by atoms with Crippen LogP contribution in [0.3, 0.4) is 0 Å². The van der Waals surface area contributed by atoms with Crippen molar-refractivity contribution in [3.8, 4) is 56.4 Å². The largest absolute Gasteiger partial charge is 0.455 e. The number of para-hydroxylation sites is 1. The van der Waals surface area contributed by atoms with Gasteiger partial charge >= 0.3 is 0 Å². The fourth-order valence-corrected chi connectivity index (χ4v) is 9.04. The maximum absolute atomic E-state index is 6.69. The summed E-state index contributed by atoms with van der Waals surface area (Å²) in [6, 6.07) is 61.4. The first-order valence-electron chi connectivity index (χ1n) is 18.0. The molecule has 0 atom stereocenters. The molecule has 0 N–H and O–H groups in total. The third kappa shape index (κ3) is 4.94. The standard InChI is InChI=1S/C49H29N3OS/c1-3-14-30(15-4-1)34-22-12-23-36-41(34)29-40(44-38-21-7-9-26-42(38)53-45(36)44)32-18-11-19-33(28-32)48-50-47(31-16-5-2-6-17-31)51-49(52-48)39-25-13-24-37-35-20-8-10-27-43(35)54-46(37)39/h1-29H. The summed E-state index contributed by atoms with van der Waals surface area (Å²) in [6.07, 6.45) is 0. The van der Waals surface area contributed by atoms with Crippen LogP contribution in [0.25, 0.3) is 109 Å². The van der Waals surface area contributed by atoms with Crippen molar-refractivity contribution < 1.29 is 4.42 Å². The summed E-state index contributed by atoms with van der Waals surface area (Å²) >= 11 is 1.78. The SMILES string of the molecule is c1ccc(-c2nc(-c3cccc(-c4cc5c(-c6ccccc6)cccc5c5oc6ccccc6c45)c3)nc(-c3cccc4c3sc3ccccc34)n2)cc1. The molecule has 0 spiro atoms. The number of thiophene rings is 1. The van der Waals surface area contributed by atoms with Crippen molar-refractivity contribution in [2.24, 2.45) is 0 Å². The number of furan rings is 1. The van der Waals surface area contributed by atoms with Gasteiger partial charge in [0.15, 0.2) is 17.5 Å². The van der Waals surface area contributed by atoms with Crippen molar-refractivity contribution in [3.63, 3.8) is 0 Å². The Morgan fingerprint density at radius 1 is 0.370 bits per heavy atom. The smallest absolute Gasteiger partial charge is 0.165 e. The Morgan fingerprint density at radius 2 is 0.963 bits per heavy atom. The number of aromatic nitrogens is 3. The van der Waals surface area contributed by atoms with E-state index in [1.165, 1.54) is 20.2 Å². The van der Waals surface area contributed by atoms with Gasteiger partial charge in [-0.25, -0.2) is 15.0 Å². The molecule has 252 valence electrons. The van der Waals surface area contributed by atoms with Crippen molar-refractivity contribution in [3.05, 3.63) is 176 Å². The number of fused-ring (bicyclic) bond motifs is 8. The molecule has 0 radical (unpaired) electrons. The Balaban J connectivity index is 1.15. The lowest BCUT2D eigenvalue weighted by Gasteiger charge is -2.13. The molecule has 4 nitrogen and oxygen atoms in total. The molecular formula is C49H29N3OS. The third-order valence-electron chi connectivity index (χ3n) is 10.3. The summed E-state index contributed by atoms with van der Waals surface area (Å²) in [5.74, 6) is 1.92. The van der Waals surface area contributed by atoms with Gasteiger partial charge < -0.3 is 4.42 Å². The van der Waals surface area contributed by atoms with Gasteiger partial charge in [-0.1, -0.05) is 146 Å². The minimum atomic E-state index is 0.623. The van der Waals surface area contributed by atoms with Crippen molar-refractivity contribution in [1.82, 2.24) is 15.0 Å². The van der Waals surface area contributed by atoms with Gasteiger partial charge in [-0.15, -0.1) is 11.3 Å². The second-order valence-electron chi connectivity index (χ2n) is 13.5. The topological polar surface area (TPSA) is 51.8 Å². The highest BCUT2D eigenvalue weighted by Gasteiger charge is 2.20. The van der Waals surface area contributed by atoms with E-state index < -0.39 is 0 Å². The maximum Gasteiger partial charge on any atom is 0.165 e. The van der Waals surface area contributed by atoms with E-state index >= 15 is 0 Å². The number of hydrogen-bond acceptors (Lipinski definition) is 5. The first-order valence-corrected chi connectivity index (χ1v) is 18.8. The molecule has 11 aromatic rings. The molecular weight excluding hydrogens is 679 g/mol. The number of nitrogens with zero attached hydrogens (tertiary/aromatic N) is 3. The van der Waals surface area contributed by atoms with Crippen LogP contribution in [-0.2, 0) is 0 Å². The summed E-state index contributed by atoms with van der Waals surface area (Å²) in [4.78, 5) is 15.5. The highest BCUT2D eigenvalue weighted by Crippen LogP contribution is 2.44. The fraction of sp³-hybridized carbons (Fsp3) is 0. The molecule has 11 rings (SSSR count). The predicted octanol–water partition coefficient (Wildman–Crippen LogP) is 13.6. The summed E-state index contributed by atoms with van der Waals surface area (Å²) in [5.41, 5.74) is 9.09. The van der Waals surface area contributed by atoms with Crippen LogP contribution in [0.1, 0.15) is 0 Å². The van der Waals surface area contributed by atoms with E-state index in [1.807, 2.05) is 24.3 Å². The Morgan fingerprint density at radius 3 is 1.80 bits per heavy atom. The molecule has 0 fully saturated rings. The van der Waals surface area contributed by atoms with E-state index in [-0.39, 0.29) is 0 Å². The number of hydrogen-bond donors (Lipinski definition) is 0. The Kier molecular flexibility index (Phi) is 7.00. The Bertz CT molecular complexity index is 3220.